The molecule has 8 bridgehead atoms. The molecule has 1 N–H and O–H groups in total. The second-order valence-electron chi connectivity index (χ2n) is 21.9. The van der Waals surface area contributed by atoms with Crippen LogP contribution in [-0.4, -0.2) is 58.5 Å². The van der Waals surface area contributed by atoms with E-state index in [0.717, 1.165) is 56.8 Å². The lowest BCUT2D eigenvalue weighted by molar-refractivity contribution is -0.225. The van der Waals surface area contributed by atoms with E-state index in [0.29, 0.717) is 43.1 Å². The summed E-state index contributed by atoms with van der Waals surface area (Å²) in [5.41, 5.74) is -2.78. The highest BCUT2D eigenvalue weighted by Crippen LogP contribution is 2.61. The Morgan fingerprint density at radius 3 is 1.51 bits per heavy atom. The Morgan fingerprint density at radius 1 is 0.673 bits per heavy atom. The summed E-state index contributed by atoms with van der Waals surface area (Å²) in [6.07, 6.45) is 14.9. The third-order valence-electron chi connectivity index (χ3n) is 15.7. The Balaban J connectivity index is 0.000000160. The molecule has 0 radical (unpaired) electrons. The summed E-state index contributed by atoms with van der Waals surface area (Å²) in [7, 11) is 0. The largest absolute Gasteiger partial charge is 0.462 e. The van der Waals surface area contributed by atoms with Crippen molar-refractivity contribution in [1.29, 1.82) is 0 Å². The molecule has 9 heteroatoms. The zero-order chi connectivity index (χ0) is 41.0. The molecule has 55 heavy (non-hydrogen) atoms. The second-order valence-corrected chi connectivity index (χ2v) is 21.9. The molecule has 1 heterocycles. The van der Waals surface area contributed by atoms with Crippen LogP contribution in [-0.2, 0) is 38.1 Å². The molecule has 314 valence electrons. The summed E-state index contributed by atoms with van der Waals surface area (Å²) in [5.74, 6) is 3.42. The molecule has 0 aromatic rings. The van der Waals surface area contributed by atoms with E-state index in [-0.39, 0.29) is 34.5 Å². The minimum absolute atomic E-state index is 0.0364. The van der Waals surface area contributed by atoms with Gasteiger partial charge >= 0.3 is 23.9 Å². The fourth-order valence-electron chi connectivity index (χ4n) is 11.3. The molecule has 0 spiro atoms. The molecule has 9 nitrogen and oxygen atoms in total. The van der Waals surface area contributed by atoms with Gasteiger partial charge in [-0.3, -0.25) is 14.4 Å². The van der Waals surface area contributed by atoms with Crippen LogP contribution in [0.4, 0.5) is 0 Å². The summed E-state index contributed by atoms with van der Waals surface area (Å²) < 4.78 is 22.4. The fourth-order valence-corrected chi connectivity index (χ4v) is 11.3. The van der Waals surface area contributed by atoms with Crippen molar-refractivity contribution in [3.8, 4) is 0 Å². The summed E-state index contributed by atoms with van der Waals surface area (Å²) in [4.78, 5) is 48.3. The van der Waals surface area contributed by atoms with Gasteiger partial charge in [-0.15, -0.1) is 0 Å². The van der Waals surface area contributed by atoms with Crippen LogP contribution in [0.5, 0.6) is 0 Å². The molecule has 9 fully saturated rings. The summed E-state index contributed by atoms with van der Waals surface area (Å²) in [6, 6.07) is 0. The lowest BCUT2D eigenvalue weighted by atomic mass is 9.49. The maximum Gasteiger partial charge on any atom is 0.348 e. The predicted molar refractivity (Wildman–Crippen MR) is 211 cm³/mol. The van der Waals surface area contributed by atoms with Gasteiger partial charge < -0.3 is 24.1 Å². The van der Waals surface area contributed by atoms with E-state index in [4.69, 9.17) is 18.9 Å². The van der Waals surface area contributed by atoms with Crippen LogP contribution < -0.4 is 0 Å². The van der Waals surface area contributed by atoms with Gasteiger partial charge in [0.1, 0.15) is 17.8 Å². The minimum Gasteiger partial charge on any atom is -0.462 e. The van der Waals surface area contributed by atoms with E-state index >= 15 is 0 Å². The molecular weight excluding hydrogens is 696 g/mol. The molecule has 0 aromatic carbocycles. The summed E-state index contributed by atoms with van der Waals surface area (Å²) in [6.45, 7) is 23.8. The van der Waals surface area contributed by atoms with Crippen molar-refractivity contribution in [2.45, 2.75) is 202 Å². The summed E-state index contributed by atoms with van der Waals surface area (Å²) in [5, 5.41) is 10.6. The number of carbonyl (C=O) groups excluding carboxylic acids is 4. The first-order chi connectivity index (χ1) is 25.4. The highest BCUT2D eigenvalue weighted by Gasteiger charge is 2.61. The third kappa shape index (κ3) is 8.97. The Labute approximate surface area is 332 Å². The molecule has 9 rings (SSSR count). The van der Waals surface area contributed by atoms with E-state index in [1.54, 1.807) is 0 Å². The molecule has 1 aliphatic heterocycles. The molecule has 8 aliphatic carbocycles. The third-order valence-corrected chi connectivity index (χ3v) is 15.7. The van der Waals surface area contributed by atoms with Crippen LogP contribution in [0.15, 0.2) is 0 Å². The van der Waals surface area contributed by atoms with E-state index in [1.807, 2.05) is 69.2 Å². The van der Waals surface area contributed by atoms with E-state index in [9.17, 15) is 24.3 Å². The van der Waals surface area contributed by atoms with Gasteiger partial charge in [0.05, 0.1) is 21.8 Å². The van der Waals surface area contributed by atoms with Gasteiger partial charge in [0.2, 0.25) is 6.10 Å². The van der Waals surface area contributed by atoms with Crippen molar-refractivity contribution in [2.24, 2.45) is 57.2 Å². The van der Waals surface area contributed by atoms with Crippen LogP contribution in [0.3, 0.4) is 0 Å². The first-order valence-electron chi connectivity index (χ1n) is 21.9. The van der Waals surface area contributed by atoms with Crippen molar-refractivity contribution in [2.75, 3.05) is 6.61 Å². The minimum atomic E-state index is -0.772. The standard InChI is InChI=1S/C18H30O2.C16H26O3.C12H20O4/c1-5-17(3,4)16(19)20-18(6-2)14-8-12-7-13(10-14)11-15(18)9-12;1-4-14(2,3)13(17)19-16-8-11-5-12(9-16)7-15(18,6-11)10-16;1-6-11(2,3)10(14)16-8-9(13)15-7-12(8,4)5/h12-15H,5-11H2,1-4H3;11-12,18H,4-10H2,1-3H3;8H,6-7H2,1-5H3. The number of cyclic esters (lactones) is 1. The number of rotatable bonds is 10. The van der Waals surface area contributed by atoms with Crippen LogP contribution in [0.25, 0.3) is 0 Å². The normalized spacial score (nSPS) is 37.9. The highest BCUT2D eigenvalue weighted by molar-refractivity contribution is 5.83. The molecule has 1 saturated heterocycles. The van der Waals surface area contributed by atoms with Gasteiger partial charge in [-0.1, -0.05) is 41.5 Å². The first-order valence-corrected chi connectivity index (χ1v) is 21.9. The number of hydrogen-bond acceptors (Lipinski definition) is 9. The van der Waals surface area contributed by atoms with Crippen molar-refractivity contribution in [1.82, 2.24) is 0 Å². The predicted octanol–water partition coefficient (Wildman–Crippen LogP) is 9.54. The topological polar surface area (TPSA) is 125 Å². The maximum absolute atomic E-state index is 12.6. The maximum atomic E-state index is 12.6. The molecule has 8 saturated carbocycles. The monoisotopic (exact) mass is 773 g/mol. The number of ether oxygens (including phenoxy) is 4. The smallest absolute Gasteiger partial charge is 0.348 e. The Bertz CT molecular complexity index is 1400. The van der Waals surface area contributed by atoms with Gasteiger partial charge in [-0.05, 0) is 167 Å². The zero-order valence-electron chi connectivity index (χ0n) is 36.6. The average Bonchev–Trinajstić information content (AvgIpc) is 3.35. The summed E-state index contributed by atoms with van der Waals surface area (Å²) >= 11 is 0. The van der Waals surface area contributed by atoms with Crippen molar-refractivity contribution >= 4 is 23.9 Å². The molecule has 0 aromatic heterocycles. The Hall–Kier alpha value is -2.16. The van der Waals surface area contributed by atoms with Crippen molar-refractivity contribution in [3.63, 3.8) is 0 Å². The van der Waals surface area contributed by atoms with Gasteiger partial charge in [0.15, 0.2) is 0 Å². The Morgan fingerprint density at radius 2 is 1.11 bits per heavy atom. The molecule has 9 aliphatic rings. The van der Waals surface area contributed by atoms with Crippen LogP contribution >= 0.6 is 0 Å². The quantitative estimate of drug-likeness (QED) is 0.171. The molecular formula is C46H76O9. The van der Waals surface area contributed by atoms with Crippen LogP contribution in [0.1, 0.15) is 179 Å². The lowest BCUT2D eigenvalue weighted by Crippen LogP contribution is -2.61. The number of aliphatic hydroxyl groups is 1. The van der Waals surface area contributed by atoms with E-state index in [1.165, 1.54) is 38.5 Å². The first kappa shape index (κ1) is 44.0. The number of hydrogen-bond donors (Lipinski definition) is 1. The zero-order valence-corrected chi connectivity index (χ0v) is 36.6. The molecule has 0 amide bonds. The van der Waals surface area contributed by atoms with Crippen molar-refractivity contribution in [3.05, 3.63) is 0 Å². The van der Waals surface area contributed by atoms with E-state index in [2.05, 4.69) is 13.8 Å². The van der Waals surface area contributed by atoms with Crippen LogP contribution in [0.2, 0.25) is 0 Å². The van der Waals surface area contributed by atoms with Gasteiger partial charge in [0, 0.05) is 11.8 Å². The second kappa shape index (κ2) is 15.5. The van der Waals surface area contributed by atoms with Gasteiger partial charge in [-0.25, -0.2) is 4.79 Å². The highest BCUT2D eigenvalue weighted by atomic mass is 16.6. The lowest BCUT2D eigenvalue weighted by Gasteiger charge is -2.60. The van der Waals surface area contributed by atoms with Gasteiger partial charge in [0.25, 0.3) is 0 Å². The molecule has 3 unspecified atom stereocenters. The van der Waals surface area contributed by atoms with Crippen LogP contribution in [0, 0.1) is 57.2 Å². The number of carbonyl (C=O) groups is 4. The van der Waals surface area contributed by atoms with Crippen molar-refractivity contribution < 1.29 is 43.2 Å². The van der Waals surface area contributed by atoms with Gasteiger partial charge in [-0.2, -0.15) is 0 Å². The fraction of sp³-hybridized carbons (Fsp3) is 0.913. The number of esters is 4. The SMILES string of the molecule is CCC(C)(C)C(=O)OC1(CC)C2CC3CC(C2)CC1C3.CCC(C)(C)C(=O)OC12CC3CC(CC(O)(C3)C1)C2.CCC(C)(C)C(=O)OC1C(=O)OCC1(C)C. The average molecular weight is 773 g/mol. The molecule has 3 atom stereocenters. The van der Waals surface area contributed by atoms with E-state index < -0.39 is 33.9 Å². The Kier molecular flexibility index (Phi) is 12.4.